The summed E-state index contributed by atoms with van der Waals surface area (Å²) in [5.41, 5.74) is 9.10. The lowest BCUT2D eigenvalue weighted by Gasteiger charge is -2.23. The number of H-pyrrole nitrogens is 1. The number of aromatic amines is 1. The Morgan fingerprint density at radius 2 is 1.80 bits per heavy atom. The van der Waals surface area contributed by atoms with Gasteiger partial charge in [0.1, 0.15) is 11.6 Å². The normalized spacial score (nSPS) is 11.7. The van der Waals surface area contributed by atoms with Gasteiger partial charge in [-0.2, -0.15) is 0 Å². The minimum atomic E-state index is -0.379. The van der Waals surface area contributed by atoms with Gasteiger partial charge in [-0.3, -0.25) is 0 Å². The number of rotatable bonds is 5. The quantitative estimate of drug-likeness (QED) is 0.878. The Morgan fingerprint density at radius 3 is 2.30 bits per heavy atom. The number of nitrogens with one attached hydrogen (secondary N) is 1. The van der Waals surface area contributed by atoms with Gasteiger partial charge in [0.25, 0.3) is 0 Å². The Bertz CT molecular complexity index is 568. The van der Waals surface area contributed by atoms with E-state index in [4.69, 9.17) is 15.5 Å². The average molecular weight is 273 g/mol. The molecule has 0 spiro atoms. The highest BCUT2D eigenvalue weighted by Crippen LogP contribution is 2.29. The SMILES string of the molecule is CCC(N)(CC)c1nc(-c2ccc(OC)cc2)c(C)[nH]1. The molecule has 0 saturated heterocycles. The highest BCUT2D eigenvalue weighted by molar-refractivity contribution is 5.63. The Morgan fingerprint density at radius 1 is 1.20 bits per heavy atom. The molecule has 0 aliphatic heterocycles. The lowest BCUT2D eigenvalue weighted by molar-refractivity contribution is 0.390. The zero-order chi connectivity index (χ0) is 14.8. The van der Waals surface area contributed by atoms with E-state index in [-0.39, 0.29) is 5.54 Å². The van der Waals surface area contributed by atoms with Crippen molar-refractivity contribution in [2.45, 2.75) is 39.2 Å². The molecule has 2 rings (SSSR count). The molecule has 1 aromatic heterocycles. The molecule has 0 amide bonds. The molecule has 0 atom stereocenters. The van der Waals surface area contributed by atoms with Crippen LogP contribution in [-0.4, -0.2) is 17.1 Å². The Balaban J connectivity index is 2.40. The maximum atomic E-state index is 6.41. The minimum Gasteiger partial charge on any atom is -0.497 e. The predicted molar refractivity (Wildman–Crippen MR) is 81.8 cm³/mol. The van der Waals surface area contributed by atoms with E-state index < -0.39 is 0 Å². The molecule has 4 heteroatoms. The standard InChI is InChI=1S/C16H23N3O/c1-5-16(17,6-2)15-18-11(3)14(19-15)12-7-9-13(20-4)10-8-12/h7-10H,5-6,17H2,1-4H3,(H,18,19). The first kappa shape index (κ1) is 14.6. The fraction of sp³-hybridized carbons (Fsp3) is 0.438. The third kappa shape index (κ3) is 2.56. The van der Waals surface area contributed by atoms with Crippen molar-refractivity contribution < 1.29 is 4.74 Å². The molecule has 0 bridgehead atoms. The number of imidazole rings is 1. The van der Waals surface area contributed by atoms with Gasteiger partial charge in [-0.1, -0.05) is 13.8 Å². The van der Waals surface area contributed by atoms with E-state index in [2.05, 4.69) is 18.8 Å². The van der Waals surface area contributed by atoms with Crippen molar-refractivity contribution in [3.63, 3.8) is 0 Å². The Labute approximate surface area is 120 Å². The van der Waals surface area contributed by atoms with Crippen LogP contribution in [0.25, 0.3) is 11.3 Å². The molecule has 108 valence electrons. The van der Waals surface area contributed by atoms with Crippen LogP contribution in [0.1, 0.15) is 38.2 Å². The first-order chi connectivity index (χ1) is 9.54. The zero-order valence-electron chi connectivity index (χ0n) is 12.7. The largest absolute Gasteiger partial charge is 0.497 e. The number of benzene rings is 1. The summed E-state index contributed by atoms with van der Waals surface area (Å²) in [6.45, 7) is 6.21. The molecular formula is C16H23N3O. The monoisotopic (exact) mass is 273 g/mol. The molecule has 0 aliphatic carbocycles. The molecular weight excluding hydrogens is 250 g/mol. The van der Waals surface area contributed by atoms with E-state index >= 15 is 0 Å². The van der Waals surface area contributed by atoms with Crippen LogP contribution >= 0.6 is 0 Å². The molecule has 3 N–H and O–H groups in total. The lowest BCUT2D eigenvalue weighted by atomic mass is 9.93. The van der Waals surface area contributed by atoms with E-state index in [9.17, 15) is 0 Å². The topological polar surface area (TPSA) is 63.9 Å². The Hall–Kier alpha value is -1.81. The maximum absolute atomic E-state index is 6.41. The molecule has 1 aromatic carbocycles. The molecule has 0 fully saturated rings. The molecule has 2 aromatic rings. The van der Waals surface area contributed by atoms with Crippen molar-refractivity contribution >= 4 is 0 Å². The van der Waals surface area contributed by atoms with Crippen molar-refractivity contribution in [3.8, 4) is 17.0 Å². The van der Waals surface area contributed by atoms with Gasteiger partial charge in [0, 0.05) is 11.3 Å². The number of ether oxygens (including phenoxy) is 1. The number of nitrogens with two attached hydrogens (primary N) is 1. The summed E-state index contributed by atoms with van der Waals surface area (Å²) >= 11 is 0. The molecule has 0 aliphatic rings. The van der Waals surface area contributed by atoms with Crippen LogP contribution in [0.2, 0.25) is 0 Å². The van der Waals surface area contributed by atoms with Crippen LogP contribution in [0.3, 0.4) is 0 Å². The summed E-state index contributed by atoms with van der Waals surface area (Å²) in [5.74, 6) is 1.71. The van der Waals surface area contributed by atoms with E-state index in [1.165, 1.54) is 0 Å². The number of methoxy groups -OCH3 is 1. The van der Waals surface area contributed by atoms with E-state index in [1.54, 1.807) is 7.11 Å². The van der Waals surface area contributed by atoms with E-state index in [0.29, 0.717) is 0 Å². The zero-order valence-corrected chi connectivity index (χ0v) is 12.7. The molecule has 0 unspecified atom stereocenters. The minimum absolute atomic E-state index is 0.379. The fourth-order valence-electron chi connectivity index (χ4n) is 2.31. The molecule has 20 heavy (non-hydrogen) atoms. The van der Waals surface area contributed by atoms with E-state index in [1.807, 2.05) is 31.2 Å². The number of aromatic nitrogens is 2. The van der Waals surface area contributed by atoms with Crippen LogP contribution in [0, 0.1) is 6.92 Å². The van der Waals surface area contributed by atoms with Crippen molar-refractivity contribution in [1.29, 1.82) is 0 Å². The van der Waals surface area contributed by atoms with Gasteiger partial charge < -0.3 is 15.5 Å². The predicted octanol–water partition coefficient (Wildman–Crippen LogP) is 3.37. The summed E-state index contributed by atoms with van der Waals surface area (Å²) in [4.78, 5) is 8.07. The highest BCUT2D eigenvalue weighted by Gasteiger charge is 2.27. The smallest absolute Gasteiger partial charge is 0.127 e. The van der Waals surface area contributed by atoms with Gasteiger partial charge in [0.15, 0.2) is 0 Å². The summed E-state index contributed by atoms with van der Waals surface area (Å²) < 4.78 is 5.18. The van der Waals surface area contributed by atoms with E-state index in [0.717, 1.165) is 41.4 Å². The van der Waals surface area contributed by atoms with Crippen molar-refractivity contribution in [2.75, 3.05) is 7.11 Å². The number of hydrogen-bond donors (Lipinski definition) is 2. The summed E-state index contributed by atoms with van der Waals surface area (Å²) in [6.07, 6.45) is 1.72. The van der Waals surface area contributed by atoms with Crippen molar-refractivity contribution in [1.82, 2.24) is 9.97 Å². The van der Waals surface area contributed by atoms with Gasteiger partial charge in [0.05, 0.1) is 18.3 Å². The second kappa shape index (κ2) is 5.67. The lowest BCUT2D eigenvalue weighted by Crippen LogP contribution is -2.36. The fourth-order valence-corrected chi connectivity index (χ4v) is 2.31. The number of nitrogens with zero attached hydrogens (tertiary/aromatic N) is 1. The first-order valence-corrected chi connectivity index (χ1v) is 7.04. The molecule has 1 heterocycles. The molecule has 0 saturated carbocycles. The van der Waals surface area contributed by atoms with Crippen molar-refractivity contribution in [3.05, 3.63) is 35.8 Å². The van der Waals surface area contributed by atoms with Gasteiger partial charge >= 0.3 is 0 Å². The van der Waals surface area contributed by atoms with Crippen LogP contribution in [0.5, 0.6) is 5.75 Å². The summed E-state index contributed by atoms with van der Waals surface area (Å²) in [6, 6.07) is 7.92. The van der Waals surface area contributed by atoms with Crippen molar-refractivity contribution in [2.24, 2.45) is 5.73 Å². The third-order valence-corrected chi connectivity index (χ3v) is 3.98. The van der Waals surface area contributed by atoms with Crippen LogP contribution in [0.4, 0.5) is 0 Å². The first-order valence-electron chi connectivity index (χ1n) is 7.04. The summed E-state index contributed by atoms with van der Waals surface area (Å²) in [5, 5.41) is 0. The van der Waals surface area contributed by atoms with Gasteiger partial charge in [-0.15, -0.1) is 0 Å². The second-order valence-corrected chi connectivity index (χ2v) is 5.15. The van der Waals surface area contributed by atoms with Crippen LogP contribution in [-0.2, 0) is 5.54 Å². The highest BCUT2D eigenvalue weighted by atomic mass is 16.5. The maximum Gasteiger partial charge on any atom is 0.127 e. The second-order valence-electron chi connectivity index (χ2n) is 5.15. The Kier molecular flexibility index (Phi) is 4.14. The van der Waals surface area contributed by atoms with Gasteiger partial charge in [0.2, 0.25) is 0 Å². The number of aryl methyl sites for hydroxylation is 1. The van der Waals surface area contributed by atoms with Gasteiger partial charge in [-0.05, 0) is 44.0 Å². The average Bonchev–Trinajstić information content (AvgIpc) is 2.89. The van der Waals surface area contributed by atoms with Gasteiger partial charge in [-0.25, -0.2) is 4.98 Å². The molecule has 0 radical (unpaired) electrons. The number of hydrogen-bond acceptors (Lipinski definition) is 3. The molecule has 4 nitrogen and oxygen atoms in total. The third-order valence-electron chi connectivity index (χ3n) is 3.98. The summed E-state index contributed by atoms with van der Waals surface area (Å²) in [7, 11) is 1.66. The van der Waals surface area contributed by atoms with Crippen LogP contribution in [0.15, 0.2) is 24.3 Å². The van der Waals surface area contributed by atoms with Crippen LogP contribution < -0.4 is 10.5 Å².